The lowest BCUT2D eigenvalue weighted by atomic mass is 9.98. The number of nitrogens with one attached hydrogen (secondary N) is 1. The summed E-state index contributed by atoms with van der Waals surface area (Å²) in [6, 6.07) is 11.2. The van der Waals surface area contributed by atoms with E-state index in [1.807, 2.05) is 0 Å². The SMILES string of the molecule is CC(C(=O)O)c1ccc([C@@H](CO)NC(=O)c2cc3c(Cl)c(Cl)ccc3n2C)cc1. The molecule has 1 heterocycles. The number of hydrogen-bond acceptors (Lipinski definition) is 3. The lowest BCUT2D eigenvalue weighted by Crippen LogP contribution is -2.32. The predicted molar refractivity (Wildman–Crippen MR) is 113 cm³/mol. The summed E-state index contributed by atoms with van der Waals surface area (Å²) in [5, 5.41) is 23.1. The summed E-state index contributed by atoms with van der Waals surface area (Å²) in [5.41, 5.74) is 2.45. The second kappa shape index (κ2) is 8.45. The van der Waals surface area contributed by atoms with E-state index in [2.05, 4.69) is 5.32 Å². The number of carboxylic acid groups (broad SMARTS) is 1. The first-order valence-corrected chi connectivity index (χ1v) is 9.68. The van der Waals surface area contributed by atoms with Crippen molar-refractivity contribution < 1.29 is 19.8 Å². The number of aryl methyl sites for hydroxylation is 1. The normalized spacial score (nSPS) is 13.3. The van der Waals surface area contributed by atoms with Crippen LogP contribution in [0.2, 0.25) is 10.0 Å². The van der Waals surface area contributed by atoms with E-state index >= 15 is 0 Å². The van der Waals surface area contributed by atoms with Gasteiger partial charge in [-0.05, 0) is 36.2 Å². The molecule has 1 aromatic heterocycles. The maximum absolute atomic E-state index is 12.8. The molecule has 0 fully saturated rings. The first-order valence-electron chi connectivity index (χ1n) is 8.92. The number of rotatable bonds is 6. The van der Waals surface area contributed by atoms with E-state index in [0.29, 0.717) is 32.3 Å². The molecule has 29 heavy (non-hydrogen) atoms. The van der Waals surface area contributed by atoms with Crippen molar-refractivity contribution >= 4 is 46.0 Å². The Labute approximate surface area is 177 Å². The van der Waals surface area contributed by atoms with Gasteiger partial charge in [-0.25, -0.2) is 0 Å². The maximum Gasteiger partial charge on any atom is 0.310 e. The third-order valence-corrected chi connectivity index (χ3v) is 5.86. The molecule has 0 saturated carbocycles. The number of amides is 1. The topological polar surface area (TPSA) is 91.6 Å². The van der Waals surface area contributed by atoms with Gasteiger partial charge in [-0.2, -0.15) is 0 Å². The number of fused-ring (bicyclic) bond motifs is 1. The fourth-order valence-electron chi connectivity index (χ4n) is 3.19. The second-order valence-electron chi connectivity index (χ2n) is 6.82. The Morgan fingerprint density at radius 3 is 2.31 bits per heavy atom. The number of benzene rings is 2. The molecular weight excluding hydrogens is 415 g/mol. The quantitative estimate of drug-likeness (QED) is 0.543. The molecule has 6 nitrogen and oxygen atoms in total. The third kappa shape index (κ3) is 4.10. The molecule has 1 amide bonds. The zero-order valence-corrected chi connectivity index (χ0v) is 17.3. The number of aliphatic hydroxyl groups excluding tert-OH is 1. The number of nitrogens with zero attached hydrogens (tertiary/aromatic N) is 1. The number of hydrogen-bond donors (Lipinski definition) is 3. The number of halogens is 2. The molecule has 152 valence electrons. The lowest BCUT2D eigenvalue weighted by Gasteiger charge is -2.18. The van der Waals surface area contributed by atoms with Crippen molar-refractivity contribution in [1.29, 1.82) is 0 Å². The third-order valence-electron chi connectivity index (χ3n) is 5.04. The first kappa shape index (κ1) is 21.2. The molecule has 0 radical (unpaired) electrons. The number of carbonyl (C=O) groups is 2. The van der Waals surface area contributed by atoms with E-state index in [-0.39, 0.29) is 12.5 Å². The first-order chi connectivity index (χ1) is 13.7. The van der Waals surface area contributed by atoms with Gasteiger partial charge in [-0.3, -0.25) is 9.59 Å². The fraction of sp³-hybridized carbons (Fsp3) is 0.238. The zero-order valence-electron chi connectivity index (χ0n) is 15.8. The van der Waals surface area contributed by atoms with Crippen LogP contribution in [0, 0.1) is 0 Å². The largest absolute Gasteiger partial charge is 0.481 e. The molecular formula is C21H20Cl2N2O4. The van der Waals surface area contributed by atoms with Crippen LogP contribution in [0.5, 0.6) is 0 Å². The van der Waals surface area contributed by atoms with E-state index in [1.54, 1.807) is 61.0 Å². The van der Waals surface area contributed by atoms with Crippen molar-refractivity contribution in [1.82, 2.24) is 9.88 Å². The molecule has 0 spiro atoms. The molecule has 0 aliphatic carbocycles. The molecule has 2 aromatic carbocycles. The van der Waals surface area contributed by atoms with Crippen LogP contribution in [0.3, 0.4) is 0 Å². The van der Waals surface area contributed by atoms with Crippen molar-refractivity contribution in [2.45, 2.75) is 18.9 Å². The minimum atomic E-state index is -0.917. The van der Waals surface area contributed by atoms with Gasteiger partial charge in [0.25, 0.3) is 5.91 Å². The Kier molecular flexibility index (Phi) is 6.17. The lowest BCUT2D eigenvalue weighted by molar-refractivity contribution is -0.138. The van der Waals surface area contributed by atoms with Crippen molar-refractivity contribution in [3.05, 3.63) is 69.3 Å². The van der Waals surface area contributed by atoms with E-state index < -0.39 is 17.9 Å². The van der Waals surface area contributed by atoms with Gasteiger partial charge in [0.15, 0.2) is 0 Å². The van der Waals surface area contributed by atoms with Crippen LogP contribution in [0.4, 0.5) is 0 Å². The molecule has 3 N–H and O–H groups in total. The summed E-state index contributed by atoms with van der Waals surface area (Å²) in [4.78, 5) is 24.0. The maximum atomic E-state index is 12.8. The number of aromatic nitrogens is 1. The molecule has 8 heteroatoms. The highest BCUT2D eigenvalue weighted by Gasteiger charge is 2.21. The zero-order chi connectivity index (χ0) is 21.3. The van der Waals surface area contributed by atoms with Gasteiger partial charge in [0, 0.05) is 18.0 Å². The Hall–Kier alpha value is -2.54. The van der Waals surface area contributed by atoms with Crippen LogP contribution in [0.1, 0.15) is 40.5 Å². The van der Waals surface area contributed by atoms with Gasteiger partial charge >= 0.3 is 5.97 Å². The summed E-state index contributed by atoms with van der Waals surface area (Å²) < 4.78 is 1.71. The molecule has 0 aliphatic rings. The van der Waals surface area contributed by atoms with Crippen molar-refractivity contribution in [3.8, 4) is 0 Å². The summed E-state index contributed by atoms with van der Waals surface area (Å²) in [6.07, 6.45) is 0. The molecule has 0 saturated heterocycles. The Balaban J connectivity index is 1.85. The highest BCUT2D eigenvalue weighted by atomic mass is 35.5. The van der Waals surface area contributed by atoms with Crippen LogP contribution in [0.15, 0.2) is 42.5 Å². The van der Waals surface area contributed by atoms with Crippen molar-refractivity contribution in [3.63, 3.8) is 0 Å². The van der Waals surface area contributed by atoms with Crippen LogP contribution in [-0.4, -0.2) is 33.3 Å². The number of aliphatic carboxylic acids is 1. The van der Waals surface area contributed by atoms with Gasteiger partial charge < -0.3 is 20.1 Å². The van der Waals surface area contributed by atoms with Gasteiger partial charge in [0.2, 0.25) is 0 Å². The van der Waals surface area contributed by atoms with Crippen LogP contribution < -0.4 is 5.32 Å². The van der Waals surface area contributed by atoms with E-state index in [4.69, 9.17) is 28.3 Å². The molecule has 1 unspecified atom stereocenters. The molecule has 0 aliphatic heterocycles. The highest BCUT2D eigenvalue weighted by molar-refractivity contribution is 6.45. The van der Waals surface area contributed by atoms with Crippen LogP contribution in [-0.2, 0) is 11.8 Å². The van der Waals surface area contributed by atoms with E-state index in [0.717, 1.165) is 5.52 Å². The van der Waals surface area contributed by atoms with Crippen molar-refractivity contribution in [2.75, 3.05) is 6.61 Å². The fourth-order valence-corrected chi connectivity index (χ4v) is 3.57. The van der Waals surface area contributed by atoms with Crippen LogP contribution in [0.25, 0.3) is 10.9 Å². The number of carbonyl (C=O) groups excluding carboxylic acids is 1. The minimum Gasteiger partial charge on any atom is -0.481 e. The highest BCUT2D eigenvalue weighted by Crippen LogP contribution is 2.32. The molecule has 0 bridgehead atoms. The molecule has 3 rings (SSSR count). The standard InChI is InChI=1S/C21H20Cl2N2O4/c1-11(21(28)29)12-3-5-13(6-4-12)16(10-26)24-20(27)18-9-14-17(25(18)2)8-7-15(22)19(14)23/h3-9,11,16,26H,10H2,1-2H3,(H,24,27)(H,28,29)/t11?,16-/m1/s1. The summed E-state index contributed by atoms with van der Waals surface area (Å²) in [5.74, 6) is -1.93. The number of aliphatic hydroxyl groups is 1. The predicted octanol–water partition coefficient (Wildman–Crippen LogP) is 4.14. The molecule has 3 aromatic rings. The van der Waals surface area contributed by atoms with Crippen molar-refractivity contribution in [2.24, 2.45) is 7.05 Å². The summed E-state index contributed by atoms with van der Waals surface area (Å²) in [6.45, 7) is 1.29. The Bertz CT molecular complexity index is 1080. The van der Waals surface area contributed by atoms with Gasteiger partial charge in [-0.15, -0.1) is 0 Å². The molecule has 2 atom stereocenters. The summed E-state index contributed by atoms with van der Waals surface area (Å²) in [7, 11) is 1.75. The van der Waals surface area contributed by atoms with E-state index in [1.165, 1.54) is 0 Å². The van der Waals surface area contributed by atoms with Gasteiger partial charge in [0.1, 0.15) is 5.69 Å². The average molecular weight is 435 g/mol. The smallest absolute Gasteiger partial charge is 0.310 e. The Morgan fingerprint density at radius 2 is 1.72 bits per heavy atom. The Morgan fingerprint density at radius 1 is 1.10 bits per heavy atom. The van der Waals surface area contributed by atoms with E-state index in [9.17, 15) is 14.7 Å². The minimum absolute atomic E-state index is 0.309. The summed E-state index contributed by atoms with van der Waals surface area (Å²) >= 11 is 12.3. The van der Waals surface area contributed by atoms with Crippen LogP contribution >= 0.6 is 23.2 Å². The monoisotopic (exact) mass is 434 g/mol. The van der Waals surface area contributed by atoms with Gasteiger partial charge in [-0.1, -0.05) is 47.5 Å². The number of carboxylic acids is 1. The second-order valence-corrected chi connectivity index (χ2v) is 7.60. The average Bonchev–Trinajstić information content (AvgIpc) is 3.05. The van der Waals surface area contributed by atoms with Gasteiger partial charge in [0.05, 0.1) is 28.6 Å².